The van der Waals surface area contributed by atoms with Crippen LogP contribution in [0.2, 0.25) is 0 Å². The summed E-state index contributed by atoms with van der Waals surface area (Å²) >= 11 is 0. The third kappa shape index (κ3) is 4.42. The van der Waals surface area contributed by atoms with Gasteiger partial charge in [-0.3, -0.25) is 14.5 Å². The maximum atomic E-state index is 13.8. The predicted molar refractivity (Wildman–Crippen MR) is 153 cm³/mol. The van der Waals surface area contributed by atoms with Crippen LogP contribution < -0.4 is 14.4 Å². The lowest BCUT2D eigenvalue weighted by atomic mass is 9.85. The Morgan fingerprint density at radius 2 is 1.38 bits per heavy atom. The Labute approximate surface area is 228 Å². The molecule has 0 bridgehead atoms. The van der Waals surface area contributed by atoms with Crippen LogP contribution in [0.1, 0.15) is 43.5 Å². The molecule has 0 radical (unpaired) electrons. The number of hydrogen-bond donors (Lipinski definition) is 1. The number of anilines is 1. The van der Waals surface area contributed by atoms with E-state index in [1.807, 2.05) is 66.7 Å². The lowest BCUT2D eigenvalue weighted by molar-refractivity contribution is -0.132. The molecule has 6 nitrogen and oxygen atoms in total. The minimum Gasteiger partial charge on any atom is -0.506 e. The van der Waals surface area contributed by atoms with Crippen LogP contribution in [-0.4, -0.2) is 31.0 Å². The molecule has 1 heterocycles. The third-order valence-corrected chi connectivity index (χ3v) is 7.23. The number of ketones is 1. The second-order valence-corrected chi connectivity index (χ2v) is 10.6. The van der Waals surface area contributed by atoms with Crippen LogP contribution in [0.3, 0.4) is 0 Å². The van der Waals surface area contributed by atoms with E-state index in [9.17, 15) is 14.7 Å². The number of amides is 1. The molecular formula is C33H31NO5. The minimum absolute atomic E-state index is 0.0285. The number of ether oxygens (including phenoxy) is 2. The fourth-order valence-electron chi connectivity index (χ4n) is 5.20. The summed E-state index contributed by atoms with van der Waals surface area (Å²) < 4.78 is 11.0. The van der Waals surface area contributed by atoms with Crippen molar-refractivity contribution in [1.82, 2.24) is 0 Å². The van der Waals surface area contributed by atoms with Crippen LogP contribution in [0.4, 0.5) is 5.69 Å². The summed E-state index contributed by atoms with van der Waals surface area (Å²) in [6, 6.07) is 25.4. The van der Waals surface area contributed by atoms with Crippen molar-refractivity contribution < 1.29 is 24.2 Å². The second kappa shape index (κ2) is 9.95. The predicted octanol–water partition coefficient (Wildman–Crippen LogP) is 6.78. The highest BCUT2D eigenvalue weighted by atomic mass is 16.5. The number of hydrogen-bond acceptors (Lipinski definition) is 5. The van der Waals surface area contributed by atoms with E-state index in [1.54, 1.807) is 18.2 Å². The smallest absolute Gasteiger partial charge is 0.300 e. The Balaban J connectivity index is 1.81. The fourth-order valence-corrected chi connectivity index (χ4v) is 5.20. The van der Waals surface area contributed by atoms with Crippen molar-refractivity contribution in [3.63, 3.8) is 0 Å². The standard InChI is InChI=1S/C33H31NO5/c1-33(2,3)22-18-16-21(17-19-22)29-28(30(35)27-25(38-4)14-9-15-26(27)39-5)31(36)32(37)34(29)24-13-8-11-20-10-6-7-12-23(20)24/h6-19,29,35H,1-5H3/b30-28+. The highest BCUT2D eigenvalue weighted by Crippen LogP contribution is 2.46. The van der Waals surface area contributed by atoms with Gasteiger partial charge in [0.1, 0.15) is 22.8 Å². The molecule has 198 valence electrons. The lowest BCUT2D eigenvalue weighted by Gasteiger charge is -2.27. The van der Waals surface area contributed by atoms with Gasteiger partial charge in [0.25, 0.3) is 11.7 Å². The topological polar surface area (TPSA) is 76.1 Å². The van der Waals surface area contributed by atoms with E-state index in [0.717, 1.165) is 16.3 Å². The molecule has 4 aromatic carbocycles. The third-order valence-electron chi connectivity index (χ3n) is 7.23. The zero-order chi connectivity index (χ0) is 27.9. The van der Waals surface area contributed by atoms with Crippen LogP contribution in [-0.2, 0) is 15.0 Å². The number of benzene rings is 4. The van der Waals surface area contributed by atoms with Gasteiger partial charge in [-0.1, -0.05) is 87.5 Å². The molecule has 1 aliphatic rings. The number of carbonyl (C=O) groups is 2. The van der Waals surface area contributed by atoms with E-state index in [0.29, 0.717) is 22.7 Å². The van der Waals surface area contributed by atoms with Gasteiger partial charge in [-0.25, -0.2) is 0 Å². The van der Waals surface area contributed by atoms with Gasteiger partial charge >= 0.3 is 0 Å². The van der Waals surface area contributed by atoms with E-state index >= 15 is 0 Å². The van der Waals surface area contributed by atoms with Crippen LogP contribution in [0.5, 0.6) is 11.5 Å². The Hall–Kier alpha value is -4.58. The highest BCUT2D eigenvalue weighted by Gasteiger charge is 2.48. The van der Waals surface area contributed by atoms with Crippen molar-refractivity contribution in [2.75, 3.05) is 19.1 Å². The first-order chi connectivity index (χ1) is 18.7. The van der Waals surface area contributed by atoms with Gasteiger partial charge in [0.15, 0.2) is 0 Å². The first-order valence-electron chi connectivity index (χ1n) is 12.8. The molecule has 1 aliphatic heterocycles. The van der Waals surface area contributed by atoms with E-state index in [1.165, 1.54) is 19.1 Å². The summed E-state index contributed by atoms with van der Waals surface area (Å²) in [6.07, 6.45) is 0. The zero-order valence-corrected chi connectivity index (χ0v) is 22.7. The molecule has 1 fully saturated rings. The van der Waals surface area contributed by atoms with Crippen LogP contribution >= 0.6 is 0 Å². The Morgan fingerprint density at radius 1 is 0.795 bits per heavy atom. The van der Waals surface area contributed by atoms with Crippen molar-refractivity contribution in [2.24, 2.45) is 0 Å². The molecule has 5 rings (SSSR count). The van der Waals surface area contributed by atoms with Crippen LogP contribution in [0.25, 0.3) is 16.5 Å². The molecule has 1 unspecified atom stereocenters. The average molecular weight is 522 g/mol. The van der Waals surface area contributed by atoms with Crippen LogP contribution in [0.15, 0.2) is 90.5 Å². The zero-order valence-electron chi connectivity index (χ0n) is 22.7. The molecule has 6 heteroatoms. The Morgan fingerprint density at radius 3 is 2.00 bits per heavy atom. The molecule has 1 amide bonds. The van der Waals surface area contributed by atoms with Gasteiger partial charge in [-0.15, -0.1) is 0 Å². The fraction of sp³-hybridized carbons (Fsp3) is 0.212. The molecule has 1 N–H and O–H groups in total. The van der Waals surface area contributed by atoms with E-state index in [-0.39, 0.29) is 22.3 Å². The van der Waals surface area contributed by atoms with E-state index < -0.39 is 17.7 Å². The van der Waals surface area contributed by atoms with Gasteiger partial charge in [0.05, 0.1) is 31.5 Å². The SMILES string of the molecule is COc1cccc(OC)c1/C(O)=C1\C(=O)C(=O)N(c2cccc3ccccc23)C1c1ccc(C(C)(C)C)cc1. The molecule has 0 saturated carbocycles. The van der Waals surface area contributed by atoms with Crippen molar-refractivity contribution in [2.45, 2.75) is 32.2 Å². The molecule has 0 spiro atoms. The van der Waals surface area contributed by atoms with Crippen molar-refractivity contribution in [3.05, 3.63) is 107 Å². The van der Waals surface area contributed by atoms with Gasteiger partial charge in [-0.05, 0) is 40.1 Å². The number of methoxy groups -OCH3 is 2. The molecule has 0 aliphatic carbocycles. The first-order valence-corrected chi connectivity index (χ1v) is 12.8. The lowest BCUT2D eigenvalue weighted by Crippen LogP contribution is -2.29. The monoisotopic (exact) mass is 521 g/mol. The summed E-state index contributed by atoms with van der Waals surface area (Å²) in [4.78, 5) is 29.0. The first kappa shape index (κ1) is 26.0. The maximum Gasteiger partial charge on any atom is 0.300 e. The molecule has 1 atom stereocenters. The van der Waals surface area contributed by atoms with Gasteiger partial charge in [0, 0.05) is 5.39 Å². The quantitative estimate of drug-likeness (QED) is 0.178. The summed E-state index contributed by atoms with van der Waals surface area (Å²) in [7, 11) is 2.95. The second-order valence-electron chi connectivity index (χ2n) is 10.6. The number of rotatable bonds is 5. The molecule has 1 saturated heterocycles. The van der Waals surface area contributed by atoms with E-state index in [2.05, 4.69) is 20.8 Å². The number of nitrogens with zero attached hydrogens (tertiary/aromatic N) is 1. The number of aliphatic hydroxyl groups is 1. The summed E-state index contributed by atoms with van der Waals surface area (Å²) in [5.74, 6) is -1.20. The number of Topliss-reactive ketones (excluding diaryl/α,β-unsaturated/α-hetero) is 1. The number of aliphatic hydroxyl groups excluding tert-OH is 1. The van der Waals surface area contributed by atoms with Crippen molar-refractivity contribution in [1.29, 1.82) is 0 Å². The largest absolute Gasteiger partial charge is 0.506 e. The van der Waals surface area contributed by atoms with Gasteiger partial charge in [-0.2, -0.15) is 0 Å². The Bertz CT molecular complexity index is 1580. The summed E-state index contributed by atoms with van der Waals surface area (Å²) in [5, 5.41) is 13.5. The van der Waals surface area contributed by atoms with Crippen molar-refractivity contribution in [3.8, 4) is 11.5 Å². The number of carbonyl (C=O) groups excluding carboxylic acids is 2. The summed E-state index contributed by atoms with van der Waals surface area (Å²) in [5.41, 5.74) is 2.51. The highest BCUT2D eigenvalue weighted by molar-refractivity contribution is 6.52. The van der Waals surface area contributed by atoms with Crippen LogP contribution in [0, 0.1) is 0 Å². The molecule has 4 aromatic rings. The average Bonchev–Trinajstić information content (AvgIpc) is 3.21. The van der Waals surface area contributed by atoms with Gasteiger partial charge < -0.3 is 14.6 Å². The van der Waals surface area contributed by atoms with Crippen molar-refractivity contribution >= 4 is 33.9 Å². The minimum atomic E-state index is -0.876. The summed E-state index contributed by atoms with van der Waals surface area (Å²) in [6.45, 7) is 6.37. The Kier molecular flexibility index (Phi) is 6.64. The van der Waals surface area contributed by atoms with Gasteiger partial charge in [0.2, 0.25) is 0 Å². The molecular weight excluding hydrogens is 490 g/mol. The normalized spacial score (nSPS) is 17.1. The maximum absolute atomic E-state index is 13.8. The molecule has 39 heavy (non-hydrogen) atoms. The molecule has 0 aromatic heterocycles. The number of fused-ring (bicyclic) bond motifs is 1. The van der Waals surface area contributed by atoms with E-state index in [4.69, 9.17) is 9.47 Å².